The zero-order chi connectivity index (χ0) is 22.8. The van der Waals surface area contributed by atoms with Crippen LogP contribution >= 0.6 is 0 Å². The van der Waals surface area contributed by atoms with E-state index in [1.165, 1.54) is 20.3 Å². The summed E-state index contributed by atoms with van der Waals surface area (Å²) in [6.07, 6.45) is -10.1. The van der Waals surface area contributed by atoms with E-state index in [9.17, 15) is 30.6 Å². The molecule has 31 heavy (non-hydrogen) atoms. The predicted octanol–water partition coefficient (Wildman–Crippen LogP) is -2.65. The van der Waals surface area contributed by atoms with Crippen LogP contribution in [0.1, 0.15) is 0 Å². The van der Waals surface area contributed by atoms with Crippen molar-refractivity contribution < 1.29 is 59.1 Å². The van der Waals surface area contributed by atoms with Gasteiger partial charge in [-0.25, -0.2) is 0 Å². The molecule has 0 amide bonds. The molecule has 2 heterocycles. The lowest BCUT2D eigenvalue weighted by molar-refractivity contribution is -0.289. The van der Waals surface area contributed by atoms with Gasteiger partial charge in [-0.2, -0.15) is 0 Å². The number of benzene rings is 1. The minimum atomic E-state index is -1.87. The van der Waals surface area contributed by atoms with Gasteiger partial charge in [-0.3, -0.25) is 0 Å². The van der Waals surface area contributed by atoms with Crippen molar-refractivity contribution >= 4 is 0 Å². The van der Waals surface area contributed by atoms with Crippen LogP contribution in [0.5, 0.6) is 17.2 Å². The number of ether oxygens (including phenoxy) is 6. The molecule has 0 aliphatic carbocycles. The van der Waals surface area contributed by atoms with E-state index in [1.807, 2.05) is 0 Å². The van der Waals surface area contributed by atoms with Crippen LogP contribution in [0, 0.1) is 0 Å². The Balaban J connectivity index is 1.65. The fraction of sp³-hybridized carbons (Fsp3) is 0.684. The molecule has 12 heteroatoms. The maximum Gasteiger partial charge on any atom is 0.229 e. The highest BCUT2D eigenvalue weighted by atomic mass is 16.7. The summed E-state index contributed by atoms with van der Waals surface area (Å²) in [5.74, 6) is 1.07. The molecule has 2 fully saturated rings. The zero-order valence-electron chi connectivity index (χ0n) is 17.0. The van der Waals surface area contributed by atoms with Crippen molar-refractivity contribution in [3.05, 3.63) is 18.2 Å². The van der Waals surface area contributed by atoms with Gasteiger partial charge in [0.05, 0.1) is 34.0 Å². The van der Waals surface area contributed by atoms with Crippen LogP contribution in [-0.4, -0.2) is 113 Å². The van der Waals surface area contributed by atoms with Gasteiger partial charge in [-0.1, -0.05) is 0 Å². The lowest BCUT2D eigenvalue weighted by Gasteiger charge is -2.40. The number of methoxy groups -OCH3 is 2. The maximum absolute atomic E-state index is 10.3. The standard InChI is InChI=1S/C19H28O12/c1-26-10-4-3-9(5-11(10)27-2)30-17-15(23)14(22)13(21)12(31-17)6-28-18-16(24)19(25,7-20)8-29-18/h3-5,12-18,20-25H,6-8H2,1-2H3/t12-,13+,14-,15-,16+,17+,18+,19-/m1/s1. The number of aliphatic hydroxyl groups is 6. The highest BCUT2D eigenvalue weighted by Gasteiger charge is 2.50. The van der Waals surface area contributed by atoms with Crippen LogP contribution in [0.25, 0.3) is 0 Å². The highest BCUT2D eigenvalue weighted by molar-refractivity contribution is 5.45. The Morgan fingerprint density at radius 1 is 1.00 bits per heavy atom. The van der Waals surface area contributed by atoms with E-state index < -0.39 is 55.3 Å². The van der Waals surface area contributed by atoms with Gasteiger partial charge in [-0.15, -0.1) is 0 Å². The number of rotatable bonds is 8. The Kier molecular flexibility index (Phi) is 7.57. The lowest BCUT2D eigenvalue weighted by atomic mass is 9.99. The first kappa shape index (κ1) is 23.9. The molecule has 1 aromatic carbocycles. The van der Waals surface area contributed by atoms with Gasteiger partial charge in [0, 0.05) is 6.07 Å². The topological polar surface area (TPSA) is 177 Å². The van der Waals surface area contributed by atoms with Crippen LogP contribution in [0.15, 0.2) is 18.2 Å². The third kappa shape index (κ3) is 4.87. The maximum atomic E-state index is 10.3. The van der Waals surface area contributed by atoms with Gasteiger partial charge in [0.2, 0.25) is 6.29 Å². The fourth-order valence-electron chi connectivity index (χ4n) is 3.30. The molecule has 8 atom stereocenters. The minimum absolute atomic E-state index is 0.243. The van der Waals surface area contributed by atoms with Gasteiger partial charge in [0.15, 0.2) is 17.8 Å². The summed E-state index contributed by atoms with van der Waals surface area (Å²) in [6, 6.07) is 4.62. The molecule has 1 aromatic rings. The molecule has 0 unspecified atom stereocenters. The molecule has 0 bridgehead atoms. The first-order chi connectivity index (χ1) is 14.7. The SMILES string of the molecule is COc1ccc(O[C@H]2O[C@H](CO[C@H]3OC[C@](O)(CO)[C@H]3O)[C@H](O)[C@@H](O)[C@H]2O)cc1OC. The van der Waals surface area contributed by atoms with E-state index in [0.29, 0.717) is 11.5 Å². The van der Waals surface area contributed by atoms with Gasteiger partial charge in [0.1, 0.15) is 41.9 Å². The van der Waals surface area contributed by atoms with E-state index >= 15 is 0 Å². The molecule has 2 aliphatic heterocycles. The van der Waals surface area contributed by atoms with E-state index in [0.717, 1.165) is 0 Å². The summed E-state index contributed by atoms with van der Waals surface area (Å²) < 4.78 is 32.0. The molecule has 0 aromatic heterocycles. The number of hydrogen-bond donors (Lipinski definition) is 6. The molecule has 2 aliphatic rings. The molecule has 6 N–H and O–H groups in total. The van der Waals surface area contributed by atoms with E-state index in [2.05, 4.69) is 0 Å². The fourth-order valence-corrected chi connectivity index (χ4v) is 3.30. The average molecular weight is 448 g/mol. The number of aliphatic hydroxyl groups excluding tert-OH is 5. The Labute approximate surface area is 178 Å². The zero-order valence-corrected chi connectivity index (χ0v) is 17.0. The smallest absolute Gasteiger partial charge is 0.229 e. The number of hydrogen-bond acceptors (Lipinski definition) is 12. The molecule has 0 radical (unpaired) electrons. The van der Waals surface area contributed by atoms with Crippen molar-refractivity contribution in [3.8, 4) is 17.2 Å². The summed E-state index contributed by atoms with van der Waals surface area (Å²) in [7, 11) is 2.92. The summed E-state index contributed by atoms with van der Waals surface area (Å²) >= 11 is 0. The van der Waals surface area contributed by atoms with Crippen LogP contribution in [-0.2, 0) is 14.2 Å². The van der Waals surface area contributed by atoms with Gasteiger partial charge in [-0.05, 0) is 12.1 Å². The van der Waals surface area contributed by atoms with Crippen molar-refractivity contribution in [2.24, 2.45) is 0 Å². The lowest BCUT2D eigenvalue weighted by Crippen LogP contribution is -2.60. The Morgan fingerprint density at radius 3 is 2.32 bits per heavy atom. The third-order valence-corrected chi connectivity index (χ3v) is 5.28. The first-order valence-electron chi connectivity index (χ1n) is 9.57. The highest BCUT2D eigenvalue weighted by Crippen LogP contribution is 2.33. The van der Waals surface area contributed by atoms with E-state index in [4.69, 9.17) is 28.4 Å². The molecule has 2 saturated heterocycles. The largest absolute Gasteiger partial charge is 0.493 e. The molecule has 3 rings (SSSR count). The van der Waals surface area contributed by atoms with Gasteiger partial charge in [0.25, 0.3) is 0 Å². The van der Waals surface area contributed by atoms with Crippen LogP contribution in [0.4, 0.5) is 0 Å². The van der Waals surface area contributed by atoms with Crippen LogP contribution in [0.3, 0.4) is 0 Å². The average Bonchev–Trinajstić information content (AvgIpc) is 3.07. The van der Waals surface area contributed by atoms with Crippen LogP contribution < -0.4 is 14.2 Å². The normalized spacial score (nSPS) is 38.1. The molecule has 0 saturated carbocycles. The molecular formula is C19H28O12. The van der Waals surface area contributed by atoms with E-state index in [-0.39, 0.29) is 19.0 Å². The van der Waals surface area contributed by atoms with Crippen molar-refractivity contribution in [1.82, 2.24) is 0 Å². The molecule has 176 valence electrons. The van der Waals surface area contributed by atoms with Gasteiger partial charge < -0.3 is 59.1 Å². The molecule has 0 spiro atoms. The monoisotopic (exact) mass is 448 g/mol. The second-order valence-electron chi connectivity index (χ2n) is 7.37. The van der Waals surface area contributed by atoms with Crippen molar-refractivity contribution in [2.75, 3.05) is 34.0 Å². The second-order valence-corrected chi connectivity index (χ2v) is 7.37. The van der Waals surface area contributed by atoms with Crippen molar-refractivity contribution in [1.29, 1.82) is 0 Å². The summed E-state index contributed by atoms with van der Waals surface area (Å²) in [5.41, 5.74) is -1.87. The van der Waals surface area contributed by atoms with E-state index in [1.54, 1.807) is 12.1 Å². The Morgan fingerprint density at radius 2 is 1.71 bits per heavy atom. The summed E-state index contributed by atoms with van der Waals surface area (Å²) in [4.78, 5) is 0. The quantitative estimate of drug-likeness (QED) is 0.244. The van der Waals surface area contributed by atoms with Crippen molar-refractivity contribution in [2.45, 2.75) is 48.7 Å². The third-order valence-electron chi connectivity index (χ3n) is 5.28. The Bertz CT molecular complexity index is 732. The second kappa shape index (κ2) is 9.81. The molecular weight excluding hydrogens is 420 g/mol. The summed E-state index contributed by atoms with van der Waals surface area (Å²) in [5, 5.41) is 59.9. The predicted molar refractivity (Wildman–Crippen MR) is 101 cm³/mol. The Hall–Kier alpha value is -1.74. The summed E-state index contributed by atoms with van der Waals surface area (Å²) in [6.45, 7) is -1.46. The first-order valence-corrected chi connectivity index (χ1v) is 9.57. The minimum Gasteiger partial charge on any atom is -0.493 e. The van der Waals surface area contributed by atoms with Gasteiger partial charge >= 0.3 is 0 Å². The molecule has 12 nitrogen and oxygen atoms in total. The van der Waals surface area contributed by atoms with Crippen molar-refractivity contribution in [3.63, 3.8) is 0 Å². The van der Waals surface area contributed by atoms with Crippen LogP contribution in [0.2, 0.25) is 0 Å².